The highest BCUT2D eigenvalue weighted by molar-refractivity contribution is 5.58. The van der Waals surface area contributed by atoms with Gasteiger partial charge in [0.2, 0.25) is 0 Å². The number of hydrogen-bond acceptors (Lipinski definition) is 4. The minimum absolute atomic E-state index is 0.179. The van der Waals surface area contributed by atoms with Crippen molar-refractivity contribution in [2.45, 2.75) is 50.7 Å². The molecule has 2 saturated carbocycles. The minimum atomic E-state index is -4.65. The van der Waals surface area contributed by atoms with E-state index >= 15 is 4.39 Å². The number of rotatable bonds is 6. The Morgan fingerprint density at radius 1 is 1.10 bits per heavy atom. The van der Waals surface area contributed by atoms with Crippen molar-refractivity contribution in [3.8, 4) is 5.69 Å². The van der Waals surface area contributed by atoms with Crippen LogP contribution >= 0.6 is 0 Å². The van der Waals surface area contributed by atoms with Gasteiger partial charge in [0.25, 0.3) is 0 Å². The van der Waals surface area contributed by atoms with E-state index in [1.54, 1.807) is 17.0 Å². The molecule has 4 aromatic rings. The lowest BCUT2D eigenvalue weighted by Crippen LogP contribution is -2.47. The summed E-state index contributed by atoms with van der Waals surface area (Å²) in [7, 11) is 1.83. The molecule has 39 heavy (non-hydrogen) atoms. The maximum Gasteiger partial charge on any atom is 0.418 e. The molecule has 3 fully saturated rings. The molecule has 4 heterocycles. The first-order valence-electron chi connectivity index (χ1n) is 13.3. The second-order valence-corrected chi connectivity index (χ2v) is 11.7. The van der Waals surface area contributed by atoms with Gasteiger partial charge in [-0.1, -0.05) is 6.42 Å². The van der Waals surface area contributed by atoms with Gasteiger partial charge < -0.3 is 4.57 Å². The topological polar surface area (TPSA) is 60.4 Å². The van der Waals surface area contributed by atoms with Crippen LogP contribution in [-0.2, 0) is 19.8 Å². The Bertz CT molecular complexity index is 1630. The number of likely N-dealkylation sites (tertiary alicyclic amines) is 1. The first-order chi connectivity index (χ1) is 18.6. The summed E-state index contributed by atoms with van der Waals surface area (Å²) in [5.74, 6) is 0.119. The van der Waals surface area contributed by atoms with Crippen LogP contribution in [0.25, 0.3) is 11.2 Å². The molecule has 7 nitrogen and oxygen atoms in total. The van der Waals surface area contributed by atoms with Crippen molar-refractivity contribution in [3.05, 3.63) is 81.8 Å². The molecule has 11 heteroatoms. The van der Waals surface area contributed by atoms with E-state index in [9.17, 15) is 18.0 Å². The number of imidazole rings is 1. The lowest BCUT2D eigenvalue weighted by atomic mass is 9.72. The molecular formula is C28H28F4N6O. The molecule has 3 aliphatic rings. The van der Waals surface area contributed by atoms with E-state index in [1.807, 2.05) is 7.05 Å². The van der Waals surface area contributed by atoms with Gasteiger partial charge in [0, 0.05) is 45.0 Å². The zero-order chi connectivity index (χ0) is 27.1. The lowest BCUT2D eigenvalue weighted by Gasteiger charge is -2.40. The predicted molar refractivity (Wildman–Crippen MR) is 135 cm³/mol. The van der Waals surface area contributed by atoms with E-state index in [-0.39, 0.29) is 23.0 Å². The smallest absolute Gasteiger partial charge is 0.320 e. The van der Waals surface area contributed by atoms with Crippen molar-refractivity contribution in [1.29, 1.82) is 0 Å². The fraction of sp³-hybridized carbons (Fsp3) is 0.464. The van der Waals surface area contributed by atoms with E-state index in [1.165, 1.54) is 31.2 Å². The third kappa shape index (κ3) is 4.18. The van der Waals surface area contributed by atoms with Crippen LogP contribution in [0.1, 0.15) is 60.5 Å². The number of fused-ring (bicyclic) bond motifs is 1. The summed E-state index contributed by atoms with van der Waals surface area (Å²) in [4.78, 5) is 15.6. The number of benzene rings is 1. The zero-order valence-corrected chi connectivity index (χ0v) is 21.5. The van der Waals surface area contributed by atoms with Crippen LogP contribution in [0.2, 0.25) is 0 Å². The van der Waals surface area contributed by atoms with Crippen LogP contribution in [-0.4, -0.2) is 41.7 Å². The van der Waals surface area contributed by atoms with Crippen LogP contribution in [0.3, 0.4) is 0 Å². The molecule has 204 valence electrons. The van der Waals surface area contributed by atoms with Gasteiger partial charge >= 0.3 is 11.9 Å². The number of nitrogens with zero attached hydrogens (tertiary/aromatic N) is 6. The Morgan fingerprint density at radius 3 is 2.49 bits per heavy atom. The fourth-order valence-electron chi connectivity index (χ4n) is 6.40. The maximum atomic E-state index is 15.0. The van der Waals surface area contributed by atoms with Gasteiger partial charge in [-0.3, -0.25) is 13.9 Å². The molecule has 7 rings (SSSR count). The summed E-state index contributed by atoms with van der Waals surface area (Å²) in [6, 6.07) is 5.42. The SMILES string of the molecule is Cn1cnnc1C(c1cc(F)cc(-n2cc3c(C(F)(F)F)cc(CN4CC5(CC5)C4)cn3c2=O)c1)C1CCC1. The Hall–Kier alpha value is -3.47. The third-order valence-electron chi connectivity index (χ3n) is 8.80. The van der Waals surface area contributed by atoms with E-state index < -0.39 is 23.2 Å². The maximum absolute atomic E-state index is 15.0. The summed E-state index contributed by atoms with van der Waals surface area (Å²) in [5, 5.41) is 8.25. The monoisotopic (exact) mass is 540 g/mol. The molecule has 0 N–H and O–H groups in total. The number of aromatic nitrogens is 5. The molecule has 0 bridgehead atoms. The molecule has 1 unspecified atom stereocenters. The van der Waals surface area contributed by atoms with Gasteiger partial charge in [0.1, 0.15) is 18.0 Å². The van der Waals surface area contributed by atoms with Crippen molar-refractivity contribution in [2.24, 2.45) is 18.4 Å². The van der Waals surface area contributed by atoms with Crippen molar-refractivity contribution in [1.82, 2.24) is 28.6 Å². The normalized spacial score (nSPS) is 19.8. The molecule has 1 spiro atoms. The van der Waals surface area contributed by atoms with E-state index in [0.717, 1.165) is 53.6 Å². The molecule has 0 amide bonds. The van der Waals surface area contributed by atoms with Gasteiger partial charge in [-0.15, -0.1) is 10.2 Å². The van der Waals surface area contributed by atoms with Gasteiger partial charge in [-0.2, -0.15) is 13.2 Å². The van der Waals surface area contributed by atoms with Crippen molar-refractivity contribution in [3.63, 3.8) is 0 Å². The molecule has 0 radical (unpaired) electrons. The highest BCUT2D eigenvalue weighted by atomic mass is 19.4. The largest absolute Gasteiger partial charge is 0.418 e. The van der Waals surface area contributed by atoms with E-state index in [4.69, 9.17) is 0 Å². The summed E-state index contributed by atoms with van der Waals surface area (Å²) in [6.07, 6.45) is 4.90. The number of halogens is 4. The van der Waals surface area contributed by atoms with Crippen LogP contribution < -0.4 is 5.69 Å². The predicted octanol–water partition coefficient (Wildman–Crippen LogP) is 4.90. The van der Waals surface area contributed by atoms with Crippen LogP contribution in [0.4, 0.5) is 17.6 Å². The molecule has 1 atom stereocenters. The quantitative estimate of drug-likeness (QED) is 0.327. The van der Waals surface area contributed by atoms with Crippen molar-refractivity contribution in [2.75, 3.05) is 13.1 Å². The average Bonchev–Trinajstić information content (AvgIpc) is 3.40. The first kappa shape index (κ1) is 24.6. The Kier molecular flexibility index (Phi) is 5.36. The van der Waals surface area contributed by atoms with Gasteiger partial charge in [0.05, 0.1) is 16.8 Å². The Labute approximate surface area is 221 Å². The number of alkyl halides is 3. The zero-order valence-electron chi connectivity index (χ0n) is 21.5. The molecule has 1 aromatic carbocycles. The number of pyridine rings is 1. The third-order valence-corrected chi connectivity index (χ3v) is 8.80. The lowest BCUT2D eigenvalue weighted by molar-refractivity contribution is -0.136. The molecule has 1 aliphatic heterocycles. The molecule has 2 aliphatic carbocycles. The Balaban J connectivity index is 1.32. The second kappa shape index (κ2) is 8.51. The van der Waals surface area contributed by atoms with Crippen molar-refractivity contribution < 1.29 is 17.6 Å². The van der Waals surface area contributed by atoms with Crippen molar-refractivity contribution >= 4 is 5.52 Å². The molecule has 1 saturated heterocycles. The highest BCUT2D eigenvalue weighted by Crippen LogP contribution is 2.53. The second-order valence-electron chi connectivity index (χ2n) is 11.7. The highest BCUT2D eigenvalue weighted by Gasteiger charge is 2.52. The summed E-state index contributed by atoms with van der Waals surface area (Å²) in [6.45, 7) is 2.10. The van der Waals surface area contributed by atoms with Crippen LogP contribution in [0, 0.1) is 17.2 Å². The number of aryl methyl sites for hydroxylation is 1. The van der Waals surface area contributed by atoms with E-state index in [2.05, 4.69) is 15.1 Å². The van der Waals surface area contributed by atoms with E-state index in [0.29, 0.717) is 28.9 Å². The first-order valence-corrected chi connectivity index (χ1v) is 13.3. The minimum Gasteiger partial charge on any atom is -0.320 e. The summed E-state index contributed by atoms with van der Waals surface area (Å²) >= 11 is 0. The van der Waals surface area contributed by atoms with Gasteiger partial charge in [-0.25, -0.2) is 9.18 Å². The Morgan fingerprint density at radius 2 is 1.87 bits per heavy atom. The summed E-state index contributed by atoms with van der Waals surface area (Å²) < 4.78 is 61.5. The standard InChI is InChI=1S/C28H28F4N6O/c1-35-16-33-34-25(35)24(18-3-2-4-18)19-8-20(29)10-21(9-19)37-13-23-22(28(30,31)32)7-17(12-38(23)26(37)39)11-36-14-27(15-36)5-6-27/h7-10,12-13,16,18,24H,2-6,11,14-15H2,1H3. The molecule has 3 aromatic heterocycles. The average molecular weight is 541 g/mol. The van der Waals surface area contributed by atoms with Gasteiger partial charge in [-0.05, 0) is 72.4 Å². The van der Waals surface area contributed by atoms with Crippen LogP contribution in [0.5, 0.6) is 0 Å². The van der Waals surface area contributed by atoms with Crippen LogP contribution in [0.15, 0.2) is 47.8 Å². The molecular weight excluding hydrogens is 512 g/mol. The summed E-state index contributed by atoms with van der Waals surface area (Å²) in [5.41, 5.74) is -0.204. The van der Waals surface area contributed by atoms with Gasteiger partial charge in [0.15, 0.2) is 0 Å². The number of hydrogen-bond donors (Lipinski definition) is 0. The fourth-order valence-corrected chi connectivity index (χ4v) is 6.40.